The van der Waals surface area contributed by atoms with Gasteiger partial charge in [-0.25, -0.2) is 4.79 Å². The standard InChI is InChI=1S/C9H8N2O3/c1-13-9(12)8-4-7(10-11-8)6-2-3-14-5-6/h2-5H,1H3,(H,10,11). The fourth-order valence-electron chi connectivity index (χ4n) is 1.09. The first-order chi connectivity index (χ1) is 6.81. The van der Waals surface area contributed by atoms with Gasteiger partial charge in [0, 0.05) is 5.56 Å². The van der Waals surface area contributed by atoms with Crippen LogP contribution in [0.2, 0.25) is 0 Å². The van der Waals surface area contributed by atoms with Crippen molar-refractivity contribution in [3.05, 3.63) is 30.4 Å². The Hall–Kier alpha value is -2.04. The Kier molecular flexibility index (Phi) is 2.06. The van der Waals surface area contributed by atoms with E-state index in [2.05, 4.69) is 14.9 Å². The lowest BCUT2D eigenvalue weighted by molar-refractivity contribution is 0.0594. The number of H-pyrrole nitrogens is 1. The van der Waals surface area contributed by atoms with Crippen molar-refractivity contribution in [3.8, 4) is 11.3 Å². The third kappa shape index (κ3) is 1.39. The summed E-state index contributed by atoms with van der Waals surface area (Å²) >= 11 is 0. The number of furan rings is 1. The summed E-state index contributed by atoms with van der Waals surface area (Å²) < 4.78 is 9.43. The Morgan fingerprint density at radius 1 is 1.64 bits per heavy atom. The Balaban J connectivity index is 2.31. The van der Waals surface area contributed by atoms with Crippen LogP contribution in [-0.4, -0.2) is 23.3 Å². The molecule has 0 aliphatic rings. The molecule has 2 aromatic heterocycles. The highest BCUT2D eigenvalue weighted by Gasteiger charge is 2.10. The minimum absolute atomic E-state index is 0.323. The molecule has 0 saturated carbocycles. The third-order valence-electron chi connectivity index (χ3n) is 1.80. The molecular weight excluding hydrogens is 184 g/mol. The van der Waals surface area contributed by atoms with E-state index in [9.17, 15) is 4.79 Å². The average molecular weight is 192 g/mol. The molecule has 0 unspecified atom stereocenters. The summed E-state index contributed by atoms with van der Waals surface area (Å²) in [5.41, 5.74) is 1.79. The maximum absolute atomic E-state index is 11.1. The van der Waals surface area contributed by atoms with E-state index >= 15 is 0 Å². The monoisotopic (exact) mass is 192 g/mol. The van der Waals surface area contributed by atoms with Gasteiger partial charge in [-0.1, -0.05) is 0 Å². The van der Waals surface area contributed by atoms with Crippen molar-refractivity contribution in [2.24, 2.45) is 0 Å². The number of ether oxygens (including phenoxy) is 1. The van der Waals surface area contributed by atoms with Crippen LogP contribution in [0.5, 0.6) is 0 Å². The van der Waals surface area contributed by atoms with E-state index in [1.54, 1.807) is 24.7 Å². The van der Waals surface area contributed by atoms with Gasteiger partial charge >= 0.3 is 5.97 Å². The number of rotatable bonds is 2. The maximum Gasteiger partial charge on any atom is 0.356 e. The smallest absolute Gasteiger partial charge is 0.356 e. The maximum atomic E-state index is 11.1. The van der Waals surface area contributed by atoms with E-state index in [4.69, 9.17) is 4.42 Å². The predicted octanol–water partition coefficient (Wildman–Crippen LogP) is 1.46. The fraction of sp³-hybridized carbons (Fsp3) is 0.111. The van der Waals surface area contributed by atoms with Gasteiger partial charge in [0.25, 0.3) is 0 Å². The van der Waals surface area contributed by atoms with Crippen LogP contribution in [-0.2, 0) is 4.74 Å². The second kappa shape index (κ2) is 3.37. The first kappa shape index (κ1) is 8.55. The zero-order chi connectivity index (χ0) is 9.97. The van der Waals surface area contributed by atoms with Crippen LogP contribution in [0, 0.1) is 0 Å². The molecule has 0 aromatic carbocycles. The topological polar surface area (TPSA) is 68.1 Å². The lowest BCUT2D eigenvalue weighted by Crippen LogP contribution is -2.00. The number of aromatic amines is 1. The molecule has 72 valence electrons. The second-order valence-corrected chi connectivity index (χ2v) is 2.67. The Morgan fingerprint density at radius 3 is 3.14 bits per heavy atom. The van der Waals surface area contributed by atoms with Gasteiger partial charge in [0.05, 0.1) is 25.3 Å². The summed E-state index contributed by atoms with van der Waals surface area (Å²) in [6, 6.07) is 3.37. The number of nitrogens with one attached hydrogen (secondary N) is 1. The molecule has 1 N–H and O–H groups in total. The van der Waals surface area contributed by atoms with Crippen molar-refractivity contribution in [2.75, 3.05) is 7.11 Å². The third-order valence-corrected chi connectivity index (χ3v) is 1.80. The molecule has 0 amide bonds. The Labute approximate surface area is 79.7 Å². The van der Waals surface area contributed by atoms with Crippen molar-refractivity contribution in [1.82, 2.24) is 10.2 Å². The van der Waals surface area contributed by atoms with Gasteiger partial charge in [0.15, 0.2) is 0 Å². The van der Waals surface area contributed by atoms with E-state index in [1.807, 2.05) is 0 Å². The molecule has 14 heavy (non-hydrogen) atoms. The minimum atomic E-state index is -0.438. The molecule has 0 radical (unpaired) electrons. The largest absolute Gasteiger partial charge is 0.472 e. The molecular formula is C9H8N2O3. The van der Waals surface area contributed by atoms with E-state index in [0.717, 1.165) is 5.56 Å². The molecule has 0 aliphatic carbocycles. The fourth-order valence-corrected chi connectivity index (χ4v) is 1.09. The van der Waals surface area contributed by atoms with E-state index in [-0.39, 0.29) is 0 Å². The lowest BCUT2D eigenvalue weighted by Gasteiger charge is -1.90. The van der Waals surface area contributed by atoms with Gasteiger partial charge in [0.2, 0.25) is 0 Å². The van der Waals surface area contributed by atoms with Crippen LogP contribution in [0.15, 0.2) is 29.1 Å². The summed E-state index contributed by atoms with van der Waals surface area (Å²) in [5.74, 6) is -0.438. The van der Waals surface area contributed by atoms with Crippen LogP contribution in [0.1, 0.15) is 10.5 Å². The molecule has 2 aromatic rings. The van der Waals surface area contributed by atoms with Crippen LogP contribution < -0.4 is 0 Å². The molecule has 5 heteroatoms. The first-order valence-electron chi connectivity index (χ1n) is 3.97. The molecule has 5 nitrogen and oxygen atoms in total. The second-order valence-electron chi connectivity index (χ2n) is 2.67. The molecule has 0 bridgehead atoms. The summed E-state index contributed by atoms with van der Waals surface area (Å²) in [6.07, 6.45) is 3.10. The van der Waals surface area contributed by atoms with Gasteiger partial charge in [-0.3, -0.25) is 5.10 Å². The van der Waals surface area contributed by atoms with Crippen molar-refractivity contribution in [2.45, 2.75) is 0 Å². The molecule has 0 spiro atoms. The summed E-state index contributed by atoms with van der Waals surface area (Å²) in [6.45, 7) is 0. The molecule has 0 fully saturated rings. The Morgan fingerprint density at radius 2 is 2.50 bits per heavy atom. The zero-order valence-electron chi connectivity index (χ0n) is 7.48. The first-order valence-corrected chi connectivity index (χ1v) is 3.97. The molecule has 0 saturated heterocycles. The number of nitrogens with zero attached hydrogens (tertiary/aromatic N) is 1. The van der Waals surface area contributed by atoms with Gasteiger partial charge in [-0.15, -0.1) is 0 Å². The Bertz CT molecular complexity index is 431. The summed E-state index contributed by atoms with van der Waals surface area (Å²) in [4.78, 5) is 11.1. The zero-order valence-corrected chi connectivity index (χ0v) is 7.48. The molecule has 2 heterocycles. The number of methoxy groups -OCH3 is 1. The lowest BCUT2D eigenvalue weighted by atomic mass is 10.2. The van der Waals surface area contributed by atoms with E-state index < -0.39 is 5.97 Å². The average Bonchev–Trinajstić information content (AvgIpc) is 2.86. The van der Waals surface area contributed by atoms with Crippen LogP contribution in [0.25, 0.3) is 11.3 Å². The number of hydrogen-bond acceptors (Lipinski definition) is 4. The van der Waals surface area contributed by atoms with E-state index in [0.29, 0.717) is 11.4 Å². The number of aromatic nitrogens is 2. The van der Waals surface area contributed by atoms with Gasteiger partial charge < -0.3 is 9.15 Å². The normalized spacial score (nSPS) is 10.1. The van der Waals surface area contributed by atoms with Gasteiger partial charge in [-0.05, 0) is 12.1 Å². The van der Waals surface area contributed by atoms with Crippen molar-refractivity contribution in [1.29, 1.82) is 0 Å². The van der Waals surface area contributed by atoms with Gasteiger partial charge in [-0.2, -0.15) is 5.10 Å². The SMILES string of the molecule is COC(=O)c1cc(-c2ccoc2)n[nH]1. The van der Waals surface area contributed by atoms with Crippen molar-refractivity contribution < 1.29 is 13.9 Å². The van der Waals surface area contributed by atoms with Crippen molar-refractivity contribution in [3.63, 3.8) is 0 Å². The molecule has 0 atom stereocenters. The highest BCUT2D eigenvalue weighted by Crippen LogP contribution is 2.17. The minimum Gasteiger partial charge on any atom is -0.472 e. The summed E-state index contributed by atoms with van der Waals surface area (Å²) in [7, 11) is 1.32. The number of carbonyl (C=O) groups is 1. The van der Waals surface area contributed by atoms with Crippen LogP contribution in [0.3, 0.4) is 0 Å². The number of hydrogen-bond donors (Lipinski definition) is 1. The molecule has 0 aliphatic heterocycles. The van der Waals surface area contributed by atoms with Gasteiger partial charge in [0.1, 0.15) is 5.69 Å². The van der Waals surface area contributed by atoms with Crippen LogP contribution >= 0.6 is 0 Å². The van der Waals surface area contributed by atoms with E-state index in [1.165, 1.54) is 7.11 Å². The quantitative estimate of drug-likeness (QED) is 0.731. The van der Waals surface area contributed by atoms with Crippen LogP contribution in [0.4, 0.5) is 0 Å². The summed E-state index contributed by atoms with van der Waals surface area (Å²) in [5, 5.41) is 6.52. The highest BCUT2D eigenvalue weighted by molar-refractivity contribution is 5.88. The molecule has 2 rings (SSSR count). The van der Waals surface area contributed by atoms with Crippen molar-refractivity contribution >= 4 is 5.97 Å². The number of esters is 1. The number of carbonyl (C=O) groups excluding carboxylic acids is 1. The highest BCUT2D eigenvalue weighted by atomic mass is 16.5. The predicted molar refractivity (Wildman–Crippen MR) is 47.6 cm³/mol.